The molecule has 0 N–H and O–H groups in total. The smallest absolute Gasteiger partial charge is 0.153 e. The molecule has 0 amide bonds. The third-order valence-corrected chi connectivity index (χ3v) is 0.914. The number of nitriles is 1. The van der Waals surface area contributed by atoms with Crippen LogP contribution >= 0.6 is 0 Å². The standard InChI is InChI=1S/C8H6FNO/c1-6(4-10)3-8(5-11)7(2)9/h3,5H,1-2H2/b8-3-. The van der Waals surface area contributed by atoms with Gasteiger partial charge in [0.1, 0.15) is 5.83 Å². The van der Waals surface area contributed by atoms with Crippen LogP contribution in [0, 0.1) is 11.3 Å². The van der Waals surface area contributed by atoms with Crippen molar-refractivity contribution in [1.82, 2.24) is 0 Å². The molecule has 0 saturated carbocycles. The van der Waals surface area contributed by atoms with Crippen molar-refractivity contribution in [2.24, 2.45) is 0 Å². The molecule has 11 heavy (non-hydrogen) atoms. The van der Waals surface area contributed by atoms with Gasteiger partial charge >= 0.3 is 0 Å². The molecule has 0 aliphatic carbocycles. The Balaban J connectivity index is 4.65. The molecule has 0 atom stereocenters. The quantitative estimate of drug-likeness (QED) is 0.266. The molecule has 0 radical (unpaired) electrons. The Morgan fingerprint density at radius 1 is 1.55 bits per heavy atom. The van der Waals surface area contributed by atoms with Crippen molar-refractivity contribution in [1.29, 1.82) is 5.26 Å². The lowest BCUT2D eigenvalue weighted by Crippen LogP contribution is -1.84. The van der Waals surface area contributed by atoms with E-state index in [-0.39, 0.29) is 17.4 Å². The highest BCUT2D eigenvalue weighted by molar-refractivity contribution is 5.80. The molecule has 3 heteroatoms. The van der Waals surface area contributed by atoms with Crippen LogP contribution in [0.3, 0.4) is 0 Å². The fraction of sp³-hybridized carbons (Fsp3) is 0. The minimum Gasteiger partial charge on any atom is -0.298 e. The van der Waals surface area contributed by atoms with E-state index in [2.05, 4.69) is 13.2 Å². The third-order valence-electron chi connectivity index (χ3n) is 0.914. The van der Waals surface area contributed by atoms with Gasteiger partial charge in [-0.15, -0.1) is 0 Å². The number of allylic oxidation sites excluding steroid dienone is 4. The number of halogens is 1. The first-order valence-electron chi connectivity index (χ1n) is 2.72. The molecular weight excluding hydrogens is 145 g/mol. The van der Waals surface area contributed by atoms with Gasteiger partial charge in [0.15, 0.2) is 6.29 Å². The van der Waals surface area contributed by atoms with Crippen molar-refractivity contribution >= 4 is 6.29 Å². The molecule has 0 fully saturated rings. The molecule has 0 aliphatic heterocycles. The van der Waals surface area contributed by atoms with Crippen molar-refractivity contribution in [2.75, 3.05) is 0 Å². The van der Waals surface area contributed by atoms with Crippen LogP contribution in [-0.4, -0.2) is 6.29 Å². The first-order chi connectivity index (χ1) is 5.11. The molecule has 2 nitrogen and oxygen atoms in total. The predicted molar refractivity (Wildman–Crippen MR) is 39.1 cm³/mol. The SMILES string of the molecule is C=C(C#N)/C=C(/C=O)C(=C)F. The molecule has 0 bridgehead atoms. The van der Waals surface area contributed by atoms with Crippen LogP contribution in [0.15, 0.2) is 36.2 Å². The van der Waals surface area contributed by atoms with Gasteiger partial charge in [-0.2, -0.15) is 5.26 Å². The fourth-order valence-electron chi connectivity index (χ4n) is 0.396. The summed E-state index contributed by atoms with van der Waals surface area (Å²) in [5.74, 6) is -0.864. The highest BCUT2D eigenvalue weighted by Crippen LogP contribution is 2.07. The summed E-state index contributed by atoms with van der Waals surface area (Å²) in [6.45, 7) is 6.14. The van der Waals surface area contributed by atoms with E-state index < -0.39 is 5.83 Å². The number of hydrogen-bond donors (Lipinski definition) is 0. The van der Waals surface area contributed by atoms with E-state index in [1.165, 1.54) is 0 Å². The maximum atomic E-state index is 12.2. The zero-order chi connectivity index (χ0) is 8.85. The molecule has 0 spiro atoms. The summed E-state index contributed by atoms with van der Waals surface area (Å²) in [7, 11) is 0. The van der Waals surface area contributed by atoms with E-state index >= 15 is 0 Å². The van der Waals surface area contributed by atoms with Gasteiger partial charge in [0, 0.05) is 5.57 Å². The second kappa shape index (κ2) is 4.18. The van der Waals surface area contributed by atoms with Gasteiger partial charge in [0.2, 0.25) is 0 Å². The number of aldehydes is 1. The van der Waals surface area contributed by atoms with E-state index in [1.54, 1.807) is 6.07 Å². The molecule has 0 heterocycles. The van der Waals surface area contributed by atoms with Gasteiger partial charge < -0.3 is 0 Å². The van der Waals surface area contributed by atoms with Gasteiger partial charge in [-0.25, -0.2) is 4.39 Å². The van der Waals surface area contributed by atoms with E-state index in [1.807, 2.05) is 0 Å². The lowest BCUT2D eigenvalue weighted by Gasteiger charge is -1.90. The van der Waals surface area contributed by atoms with E-state index in [0.29, 0.717) is 0 Å². The van der Waals surface area contributed by atoms with Crippen molar-refractivity contribution < 1.29 is 9.18 Å². The molecule has 56 valence electrons. The molecular formula is C8H6FNO. The van der Waals surface area contributed by atoms with Crippen LogP contribution in [0.4, 0.5) is 4.39 Å². The minimum absolute atomic E-state index is 0.0194. The van der Waals surface area contributed by atoms with Crippen LogP contribution in [0.1, 0.15) is 0 Å². The zero-order valence-electron chi connectivity index (χ0n) is 5.80. The third kappa shape index (κ3) is 3.11. The predicted octanol–water partition coefficient (Wildman–Crippen LogP) is 1.67. The maximum Gasteiger partial charge on any atom is 0.153 e. The Hall–Kier alpha value is -1.69. The number of rotatable bonds is 3. The van der Waals surface area contributed by atoms with Crippen molar-refractivity contribution in [2.45, 2.75) is 0 Å². The number of nitrogens with zero attached hydrogens (tertiary/aromatic N) is 1. The number of hydrogen-bond acceptors (Lipinski definition) is 2. The fourth-order valence-corrected chi connectivity index (χ4v) is 0.396. The van der Waals surface area contributed by atoms with Gasteiger partial charge in [-0.05, 0) is 6.08 Å². The average Bonchev–Trinajstić information content (AvgIpc) is 1.99. The summed E-state index contributed by atoms with van der Waals surface area (Å²) < 4.78 is 12.2. The molecule has 0 rings (SSSR count). The van der Waals surface area contributed by atoms with Gasteiger partial charge in [0.05, 0.1) is 11.6 Å². The van der Waals surface area contributed by atoms with Crippen LogP contribution in [0.2, 0.25) is 0 Å². The summed E-state index contributed by atoms with van der Waals surface area (Å²) in [5, 5.41) is 8.20. The Labute approximate surface area is 63.9 Å². The highest BCUT2D eigenvalue weighted by Gasteiger charge is 1.99. The molecule has 0 aromatic carbocycles. The largest absolute Gasteiger partial charge is 0.298 e. The second-order valence-corrected chi connectivity index (χ2v) is 1.76. The Morgan fingerprint density at radius 3 is 2.36 bits per heavy atom. The van der Waals surface area contributed by atoms with E-state index in [4.69, 9.17) is 5.26 Å². The van der Waals surface area contributed by atoms with Crippen LogP contribution in [0.25, 0.3) is 0 Å². The summed E-state index contributed by atoms with van der Waals surface area (Å²) in [6, 6.07) is 1.65. The van der Waals surface area contributed by atoms with E-state index in [9.17, 15) is 9.18 Å². The van der Waals surface area contributed by atoms with Crippen molar-refractivity contribution in [3.63, 3.8) is 0 Å². The summed E-state index contributed by atoms with van der Waals surface area (Å²) in [4.78, 5) is 10.1. The first kappa shape index (κ1) is 9.31. The van der Waals surface area contributed by atoms with Crippen LogP contribution in [-0.2, 0) is 4.79 Å². The van der Waals surface area contributed by atoms with Crippen molar-refractivity contribution in [3.8, 4) is 6.07 Å². The highest BCUT2D eigenvalue weighted by atomic mass is 19.1. The van der Waals surface area contributed by atoms with Crippen LogP contribution in [0.5, 0.6) is 0 Å². The van der Waals surface area contributed by atoms with Crippen LogP contribution < -0.4 is 0 Å². The molecule has 0 saturated heterocycles. The molecule has 0 aliphatic rings. The van der Waals surface area contributed by atoms with Crippen molar-refractivity contribution in [3.05, 3.63) is 36.2 Å². The number of carbonyl (C=O) groups is 1. The Bertz CT molecular complexity index is 270. The molecule has 0 unspecified atom stereocenters. The molecule has 0 aromatic heterocycles. The normalized spacial score (nSPS) is 10.0. The lowest BCUT2D eigenvalue weighted by atomic mass is 10.2. The Morgan fingerprint density at radius 2 is 2.09 bits per heavy atom. The topological polar surface area (TPSA) is 40.9 Å². The summed E-state index contributed by atoms with van der Waals surface area (Å²) in [6.07, 6.45) is 1.32. The van der Waals surface area contributed by atoms with Gasteiger partial charge in [-0.1, -0.05) is 13.2 Å². The zero-order valence-corrected chi connectivity index (χ0v) is 5.80. The maximum absolute atomic E-state index is 12.2. The monoisotopic (exact) mass is 151 g/mol. The first-order valence-corrected chi connectivity index (χ1v) is 2.72. The summed E-state index contributed by atoms with van der Waals surface area (Å²) in [5.41, 5.74) is -0.234. The Kier molecular flexibility index (Phi) is 3.54. The average molecular weight is 151 g/mol. The summed E-state index contributed by atoms with van der Waals surface area (Å²) >= 11 is 0. The van der Waals surface area contributed by atoms with Gasteiger partial charge in [-0.3, -0.25) is 4.79 Å². The molecule has 0 aromatic rings. The van der Waals surface area contributed by atoms with Gasteiger partial charge in [0.25, 0.3) is 0 Å². The second-order valence-electron chi connectivity index (χ2n) is 1.76. The minimum atomic E-state index is -0.864. The number of carbonyl (C=O) groups excluding carboxylic acids is 1. The lowest BCUT2D eigenvalue weighted by molar-refractivity contribution is -0.104. The van der Waals surface area contributed by atoms with E-state index in [0.717, 1.165) is 6.08 Å².